The van der Waals surface area contributed by atoms with E-state index in [0.29, 0.717) is 29.5 Å². The molecule has 3 aromatic rings. The number of hydrogen-bond acceptors (Lipinski definition) is 4. The maximum Gasteiger partial charge on any atom is 0.273 e. The van der Waals surface area contributed by atoms with E-state index >= 15 is 0 Å². The number of ketones is 1. The van der Waals surface area contributed by atoms with Crippen molar-refractivity contribution in [3.05, 3.63) is 80.7 Å². The lowest BCUT2D eigenvalue weighted by molar-refractivity contribution is -0.385. The van der Waals surface area contributed by atoms with Crippen LogP contribution in [0.25, 0.3) is 5.52 Å². The van der Waals surface area contributed by atoms with Gasteiger partial charge in [0.05, 0.1) is 22.1 Å². The summed E-state index contributed by atoms with van der Waals surface area (Å²) in [7, 11) is 0. The fraction of sp³-hybridized carbons (Fsp3) is 0.200. The normalized spacial score (nSPS) is 10.7. The molecule has 2 heterocycles. The van der Waals surface area contributed by atoms with Gasteiger partial charge in [0.2, 0.25) is 0 Å². The highest BCUT2D eigenvalue weighted by Gasteiger charge is 2.25. The van der Waals surface area contributed by atoms with Crippen LogP contribution in [-0.4, -0.2) is 15.1 Å². The topological polar surface area (TPSA) is 88.4 Å². The summed E-state index contributed by atoms with van der Waals surface area (Å²) in [4.78, 5) is 24.0. The second-order valence-electron chi connectivity index (χ2n) is 6.10. The Labute approximate surface area is 150 Å². The van der Waals surface area contributed by atoms with E-state index in [-0.39, 0.29) is 11.5 Å². The van der Waals surface area contributed by atoms with E-state index in [4.69, 9.17) is 5.26 Å². The molecule has 0 aliphatic carbocycles. The van der Waals surface area contributed by atoms with Crippen LogP contribution in [0.4, 0.5) is 5.69 Å². The third kappa shape index (κ3) is 2.74. The van der Waals surface area contributed by atoms with Gasteiger partial charge in [0.15, 0.2) is 5.78 Å². The molecule has 0 bridgehead atoms. The molecule has 2 aromatic heterocycles. The molecule has 0 saturated heterocycles. The number of nitrogens with zero attached hydrogens (tertiary/aromatic N) is 3. The van der Waals surface area contributed by atoms with Gasteiger partial charge < -0.3 is 4.40 Å². The molecule has 0 aliphatic heterocycles. The van der Waals surface area contributed by atoms with Crippen molar-refractivity contribution in [2.45, 2.75) is 26.7 Å². The predicted molar refractivity (Wildman–Crippen MR) is 97.3 cm³/mol. The van der Waals surface area contributed by atoms with Crippen LogP contribution in [0.15, 0.2) is 42.6 Å². The van der Waals surface area contributed by atoms with Crippen molar-refractivity contribution < 1.29 is 9.72 Å². The average molecular weight is 347 g/mol. The van der Waals surface area contributed by atoms with E-state index < -0.39 is 4.92 Å². The second-order valence-corrected chi connectivity index (χ2v) is 6.10. The second kappa shape index (κ2) is 6.81. The van der Waals surface area contributed by atoms with E-state index in [9.17, 15) is 14.9 Å². The molecule has 3 rings (SSSR count). The van der Waals surface area contributed by atoms with Crippen LogP contribution >= 0.6 is 0 Å². The fourth-order valence-electron chi connectivity index (χ4n) is 3.37. The van der Waals surface area contributed by atoms with Crippen LogP contribution in [-0.2, 0) is 6.42 Å². The van der Waals surface area contributed by atoms with Crippen molar-refractivity contribution in [1.29, 1.82) is 5.26 Å². The van der Waals surface area contributed by atoms with Gasteiger partial charge in [0.25, 0.3) is 5.69 Å². The Bertz CT molecular complexity index is 1070. The summed E-state index contributed by atoms with van der Waals surface area (Å²) in [6.07, 6.45) is 2.76. The highest BCUT2D eigenvalue weighted by Crippen LogP contribution is 2.29. The molecule has 0 aliphatic rings. The predicted octanol–water partition coefficient (Wildman–Crippen LogP) is 4.15. The molecule has 6 heteroatoms. The number of pyridine rings is 1. The van der Waals surface area contributed by atoms with Crippen LogP contribution in [0.5, 0.6) is 0 Å². The maximum atomic E-state index is 13.3. The van der Waals surface area contributed by atoms with Crippen molar-refractivity contribution in [2.75, 3.05) is 0 Å². The number of nitro benzene ring substituents is 1. The van der Waals surface area contributed by atoms with Gasteiger partial charge in [-0.3, -0.25) is 14.9 Å². The standard InChI is InChI=1S/C20H17N3O3/c1-13-15(7-5-9-17(13)23(25)26)20(24)19-14(2)16(10-6-11-21)22-12-4-3-8-18(19)22/h3-5,7-9,12H,6,10H2,1-2H3. The van der Waals surface area contributed by atoms with Crippen LogP contribution in [0.2, 0.25) is 0 Å². The highest BCUT2D eigenvalue weighted by molar-refractivity contribution is 6.15. The zero-order chi connectivity index (χ0) is 18.8. The first-order chi connectivity index (χ1) is 12.5. The number of carbonyl (C=O) groups excluding carboxylic acids is 1. The van der Waals surface area contributed by atoms with E-state index in [2.05, 4.69) is 6.07 Å². The van der Waals surface area contributed by atoms with E-state index in [1.165, 1.54) is 12.1 Å². The van der Waals surface area contributed by atoms with Gasteiger partial charge in [-0.1, -0.05) is 18.2 Å². The summed E-state index contributed by atoms with van der Waals surface area (Å²) in [6, 6.07) is 12.2. The molecule has 0 N–H and O–H groups in total. The molecular weight excluding hydrogens is 330 g/mol. The van der Waals surface area contributed by atoms with Gasteiger partial charge in [-0.15, -0.1) is 0 Å². The summed E-state index contributed by atoms with van der Waals surface area (Å²) in [6.45, 7) is 3.45. The minimum absolute atomic E-state index is 0.0679. The third-order valence-corrected chi connectivity index (χ3v) is 4.66. The van der Waals surface area contributed by atoms with Crippen molar-refractivity contribution in [1.82, 2.24) is 4.40 Å². The molecule has 1 aromatic carbocycles. The van der Waals surface area contributed by atoms with Crippen LogP contribution in [0.1, 0.15) is 39.2 Å². The molecule has 0 radical (unpaired) electrons. The number of hydrogen-bond donors (Lipinski definition) is 0. The van der Waals surface area contributed by atoms with Crippen LogP contribution < -0.4 is 0 Å². The van der Waals surface area contributed by atoms with Crippen molar-refractivity contribution in [2.24, 2.45) is 0 Å². The zero-order valence-corrected chi connectivity index (χ0v) is 14.5. The number of aryl methyl sites for hydroxylation is 1. The minimum atomic E-state index is -0.477. The zero-order valence-electron chi connectivity index (χ0n) is 14.5. The summed E-state index contributed by atoms with van der Waals surface area (Å²) >= 11 is 0. The van der Waals surface area contributed by atoms with Crippen molar-refractivity contribution >= 4 is 17.0 Å². The smallest absolute Gasteiger partial charge is 0.273 e. The molecule has 0 unspecified atom stereocenters. The Morgan fingerprint density at radius 1 is 1.19 bits per heavy atom. The van der Waals surface area contributed by atoms with Gasteiger partial charge in [-0.05, 0) is 31.5 Å². The lowest BCUT2D eigenvalue weighted by Gasteiger charge is -2.06. The molecule has 0 amide bonds. The summed E-state index contributed by atoms with van der Waals surface area (Å²) in [5, 5.41) is 20.1. The van der Waals surface area contributed by atoms with Gasteiger partial charge >= 0.3 is 0 Å². The summed E-state index contributed by atoms with van der Waals surface area (Å²) in [5.41, 5.74) is 3.61. The van der Waals surface area contributed by atoms with Crippen LogP contribution in [0, 0.1) is 35.3 Å². The number of rotatable bonds is 5. The summed E-state index contributed by atoms with van der Waals surface area (Å²) in [5.74, 6) is -0.240. The average Bonchev–Trinajstić information content (AvgIpc) is 2.90. The number of aromatic nitrogens is 1. The first-order valence-electron chi connectivity index (χ1n) is 8.21. The molecule has 6 nitrogen and oxygen atoms in total. The molecule has 0 saturated carbocycles. The largest absolute Gasteiger partial charge is 0.320 e. The van der Waals surface area contributed by atoms with Gasteiger partial charge in [-0.25, -0.2) is 0 Å². The number of nitro groups is 1. The van der Waals surface area contributed by atoms with Crippen molar-refractivity contribution in [3.8, 4) is 6.07 Å². The van der Waals surface area contributed by atoms with E-state index in [1.54, 1.807) is 13.0 Å². The number of carbonyl (C=O) groups is 1. The number of fused-ring (bicyclic) bond motifs is 1. The highest BCUT2D eigenvalue weighted by atomic mass is 16.6. The van der Waals surface area contributed by atoms with E-state index in [1.807, 2.05) is 35.7 Å². The Kier molecular flexibility index (Phi) is 4.55. The molecule has 0 spiro atoms. The lowest BCUT2D eigenvalue weighted by atomic mass is 9.95. The Hall–Kier alpha value is -3.46. The molecule has 0 atom stereocenters. The molecular formula is C20H17N3O3. The third-order valence-electron chi connectivity index (χ3n) is 4.66. The lowest BCUT2D eigenvalue weighted by Crippen LogP contribution is -2.07. The van der Waals surface area contributed by atoms with Gasteiger partial charge in [0.1, 0.15) is 0 Å². The molecule has 26 heavy (non-hydrogen) atoms. The Morgan fingerprint density at radius 2 is 1.96 bits per heavy atom. The first-order valence-corrected chi connectivity index (χ1v) is 8.21. The number of nitriles is 1. The maximum absolute atomic E-state index is 13.3. The van der Waals surface area contributed by atoms with Crippen LogP contribution in [0.3, 0.4) is 0 Å². The molecule has 130 valence electrons. The SMILES string of the molecule is Cc1c(C(=O)c2c(C)c(CCC#N)n3ccccc23)cccc1[N+](=O)[O-]. The monoisotopic (exact) mass is 347 g/mol. The number of benzene rings is 1. The minimum Gasteiger partial charge on any atom is -0.320 e. The molecule has 0 fully saturated rings. The fourth-order valence-corrected chi connectivity index (χ4v) is 3.37. The van der Waals surface area contributed by atoms with E-state index in [0.717, 1.165) is 16.8 Å². The first kappa shape index (κ1) is 17.4. The Balaban J connectivity index is 2.22. The Morgan fingerprint density at radius 3 is 2.65 bits per heavy atom. The van der Waals surface area contributed by atoms with Gasteiger partial charge in [0, 0.05) is 41.9 Å². The summed E-state index contributed by atoms with van der Waals surface area (Å²) < 4.78 is 1.92. The van der Waals surface area contributed by atoms with Crippen molar-refractivity contribution in [3.63, 3.8) is 0 Å². The van der Waals surface area contributed by atoms with Gasteiger partial charge in [-0.2, -0.15) is 5.26 Å². The quantitative estimate of drug-likeness (QED) is 0.394.